The smallest absolute Gasteiger partial charge is 0.410 e. The quantitative estimate of drug-likeness (QED) is 0.742. The molecule has 0 aromatic heterocycles. The monoisotopic (exact) mass is 368 g/mol. The van der Waals surface area contributed by atoms with E-state index in [1.807, 2.05) is 25.7 Å². The molecule has 0 bridgehead atoms. The molecule has 0 unspecified atom stereocenters. The summed E-state index contributed by atoms with van der Waals surface area (Å²) in [6.07, 6.45) is 7.09. The van der Waals surface area contributed by atoms with E-state index < -0.39 is 5.60 Å². The lowest BCUT2D eigenvalue weighted by Gasteiger charge is -2.35. The normalized spacial score (nSPS) is 19.9. The van der Waals surface area contributed by atoms with Crippen LogP contribution in [0.4, 0.5) is 4.79 Å². The minimum Gasteiger partial charge on any atom is -0.444 e. The van der Waals surface area contributed by atoms with Crippen molar-refractivity contribution in [1.82, 2.24) is 4.90 Å². The second kappa shape index (κ2) is 7.92. The van der Waals surface area contributed by atoms with Crippen LogP contribution < -0.4 is 0 Å². The van der Waals surface area contributed by atoms with Crippen molar-refractivity contribution in [1.29, 1.82) is 5.26 Å². The molecule has 1 aromatic rings. The molecule has 1 heterocycles. The van der Waals surface area contributed by atoms with Crippen LogP contribution in [0, 0.1) is 22.7 Å². The summed E-state index contributed by atoms with van der Waals surface area (Å²) in [5, 5.41) is 9.40. The molecule has 3 rings (SSSR count). The molecule has 4 heteroatoms. The summed E-state index contributed by atoms with van der Waals surface area (Å²) in [5.74, 6) is 0.617. The van der Waals surface area contributed by atoms with Crippen LogP contribution in [0.1, 0.15) is 64.0 Å². The van der Waals surface area contributed by atoms with E-state index in [9.17, 15) is 10.1 Å². The largest absolute Gasteiger partial charge is 0.444 e. The summed E-state index contributed by atoms with van der Waals surface area (Å²) in [5.41, 5.74) is 2.10. The molecule has 0 N–H and O–H groups in total. The Hall–Kier alpha value is -2.02. The number of ether oxygens (including phenoxy) is 1. The molecule has 0 radical (unpaired) electrons. The van der Waals surface area contributed by atoms with Crippen molar-refractivity contribution in [3.63, 3.8) is 0 Å². The molecule has 27 heavy (non-hydrogen) atoms. The third-order valence-electron chi connectivity index (χ3n) is 5.90. The number of hydrogen-bond donors (Lipinski definition) is 0. The standard InChI is InChI=1S/C23H32N2O2/c1-22(2,3)27-21(26)25-13-9-19(10-14-25)15-18-5-7-20(8-6-18)16-23(17-24)11-4-12-23/h5-8,19H,4,9-16H2,1-3H3. The van der Waals surface area contributed by atoms with Gasteiger partial charge in [-0.05, 0) is 76.3 Å². The number of carbonyl (C=O) groups is 1. The number of benzene rings is 1. The van der Waals surface area contributed by atoms with Crippen LogP contribution in [0.15, 0.2) is 24.3 Å². The highest BCUT2D eigenvalue weighted by Crippen LogP contribution is 2.43. The zero-order chi connectivity index (χ0) is 19.5. The lowest BCUT2D eigenvalue weighted by Crippen LogP contribution is -2.42. The molecule has 2 aliphatic rings. The minimum atomic E-state index is -0.431. The molecule has 1 saturated carbocycles. The predicted molar refractivity (Wildman–Crippen MR) is 106 cm³/mol. The van der Waals surface area contributed by atoms with Gasteiger partial charge in [0, 0.05) is 13.1 Å². The second-order valence-electron chi connectivity index (χ2n) is 9.35. The molecular weight excluding hydrogens is 336 g/mol. The summed E-state index contributed by atoms with van der Waals surface area (Å²) in [7, 11) is 0. The van der Waals surface area contributed by atoms with Crippen LogP contribution in [0.2, 0.25) is 0 Å². The number of carbonyl (C=O) groups excluding carboxylic acids is 1. The van der Waals surface area contributed by atoms with Crippen LogP contribution in [-0.2, 0) is 17.6 Å². The van der Waals surface area contributed by atoms with E-state index in [1.165, 1.54) is 17.5 Å². The predicted octanol–water partition coefficient (Wildman–Crippen LogP) is 5.11. The molecule has 0 spiro atoms. The minimum absolute atomic E-state index is 0.101. The zero-order valence-electron chi connectivity index (χ0n) is 17.0. The Bertz CT molecular complexity index is 685. The van der Waals surface area contributed by atoms with Crippen molar-refractivity contribution in [2.45, 2.75) is 71.3 Å². The molecular formula is C23H32N2O2. The number of likely N-dealkylation sites (tertiary alicyclic amines) is 1. The Balaban J connectivity index is 1.46. The zero-order valence-corrected chi connectivity index (χ0v) is 17.0. The fourth-order valence-corrected chi connectivity index (χ4v) is 4.10. The number of piperidine rings is 1. The van der Waals surface area contributed by atoms with Gasteiger partial charge in [-0.1, -0.05) is 30.7 Å². The lowest BCUT2D eigenvalue weighted by atomic mass is 9.66. The maximum absolute atomic E-state index is 12.2. The molecule has 1 aliphatic carbocycles. The highest BCUT2D eigenvalue weighted by Gasteiger charge is 2.37. The highest BCUT2D eigenvalue weighted by atomic mass is 16.6. The summed E-state index contributed by atoms with van der Waals surface area (Å²) >= 11 is 0. The van der Waals surface area contributed by atoms with Gasteiger partial charge in [-0.3, -0.25) is 0 Å². The molecule has 1 aliphatic heterocycles. The first kappa shape index (κ1) is 19.7. The van der Waals surface area contributed by atoms with Gasteiger partial charge in [0.25, 0.3) is 0 Å². The van der Waals surface area contributed by atoms with Crippen LogP contribution in [0.3, 0.4) is 0 Å². The Morgan fingerprint density at radius 2 is 1.78 bits per heavy atom. The molecule has 146 valence electrons. The van der Waals surface area contributed by atoms with E-state index in [-0.39, 0.29) is 11.5 Å². The second-order valence-corrected chi connectivity index (χ2v) is 9.35. The van der Waals surface area contributed by atoms with E-state index in [1.54, 1.807) is 0 Å². The van der Waals surface area contributed by atoms with Crippen LogP contribution in [0.5, 0.6) is 0 Å². The van der Waals surface area contributed by atoms with Gasteiger partial charge in [0.05, 0.1) is 11.5 Å². The van der Waals surface area contributed by atoms with E-state index in [0.717, 1.165) is 51.6 Å². The summed E-state index contributed by atoms with van der Waals surface area (Å²) < 4.78 is 5.47. The van der Waals surface area contributed by atoms with Crippen molar-refractivity contribution < 1.29 is 9.53 Å². The van der Waals surface area contributed by atoms with Gasteiger partial charge < -0.3 is 9.64 Å². The topological polar surface area (TPSA) is 53.3 Å². The van der Waals surface area contributed by atoms with Crippen molar-refractivity contribution in [3.05, 3.63) is 35.4 Å². The average molecular weight is 369 g/mol. The first-order valence-corrected chi connectivity index (χ1v) is 10.3. The van der Waals surface area contributed by atoms with E-state index >= 15 is 0 Å². The van der Waals surface area contributed by atoms with Gasteiger partial charge in [0.2, 0.25) is 0 Å². The summed E-state index contributed by atoms with van der Waals surface area (Å²) in [4.78, 5) is 14.0. The third-order valence-corrected chi connectivity index (χ3v) is 5.90. The molecule has 0 atom stereocenters. The molecule has 1 saturated heterocycles. The van der Waals surface area contributed by atoms with Gasteiger partial charge in [-0.2, -0.15) is 5.26 Å². The van der Waals surface area contributed by atoms with Gasteiger partial charge in [0.1, 0.15) is 5.60 Å². The number of nitriles is 1. The van der Waals surface area contributed by atoms with E-state index in [4.69, 9.17) is 4.74 Å². The number of rotatable bonds is 4. The Morgan fingerprint density at radius 3 is 2.26 bits per heavy atom. The van der Waals surface area contributed by atoms with Crippen molar-refractivity contribution >= 4 is 6.09 Å². The highest BCUT2D eigenvalue weighted by molar-refractivity contribution is 5.68. The van der Waals surface area contributed by atoms with E-state index in [2.05, 4.69) is 30.3 Å². The van der Waals surface area contributed by atoms with Gasteiger partial charge in [0.15, 0.2) is 0 Å². The maximum atomic E-state index is 12.2. The van der Waals surface area contributed by atoms with Crippen molar-refractivity contribution in [2.24, 2.45) is 11.3 Å². The molecule has 1 amide bonds. The molecule has 4 nitrogen and oxygen atoms in total. The van der Waals surface area contributed by atoms with Gasteiger partial charge >= 0.3 is 6.09 Å². The number of nitrogens with zero attached hydrogens (tertiary/aromatic N) is 2. The number of amides is 1. The first-order chi connectivity index (χ1) is 12.8. The summed E-state index contributed by atoms with van der Waals surface area (Å²) in [6.45, 7) is 7.28. The first-order valence-electron chi connectivity index (χ1n) is 10.3. The summed E-state index contributed by atoms with van der Waals surface area (Å²) in [6, 6.07) is 11.4. The Labute approximate surface area is 163 Å². The van der Waals surface area contributed by atoms with E-state index in [0.29, 0.717) is 5.92 Å². The molecule has 1 aromatic carbocycles. The van der Waals surface area contributed by atoms with Crippen molar-refractivity contribution in [3.8, 4) is 6.07 Å². The fourth-order valence-electron chi connectivity index (χ4n) is 4.10. The Kier molecular flexibility index (Phi) is 5.79. The SMILES string of the molecule is CC(C)(C)OC(=O)N1CCC(Cc2ccc(CC3(C#N)CCC3)cc2)CC1. The molecule has 2 fully saturated rings. The van der Waals surface area contributed by atoms with Gasteiger partial charge in [-0.15, -0.1) is 0 Å². The van der Waals surface area contributed by atoms with Crippen molar-refractivity contribution in [2.75, 3.05) is 13.1 Å². The van der Waals surface area contributed by atoms with Crippen LogP contribution in [-0.4, -0.2) is 29.7 Å². The average Bonchev–Trinajstić information content (AvgIpc) is 2.59. The fraction of sp³-hybridized carbons (Fsp3) is 0.652. The van der Waals surface area contributed by atoms with Gasteiger partial charge in [-0.25, -0.2) is 4.79 Å². The van der Waals surface area contributed by atoms with Crippen LogP contribution >= 0.6 is 0 Å². The third kappa shape index (κ3) is 5.25. The number of hydrogen-bond acceptors (Lipinski definition) is 3. The lowest BCUT2D eigenvalue weighted by molar-refractivity contribution is 0.0184. The Morgan fingerprint density at radius 1 is 1.19 bits per heavy atom. The maximum Gasteiger partial charge on any atom is 0.410 e. The van der Waals surface area contributed by atoms with Crippen LogP contribution in [0.25, 0.3) is 0 Å².